The molecule has 3 aromatic heterocycles. The van der Waals surface area contributed by atoms with Crippen LogP contribution in [-0.2, 0) is 0 Å². The molecule has 0 bridgehead atoms. The Morgan fingerprint density at radius 1 is 0.486 bits per heavy atom. The molecule has 5 aromatic carbocycles. The van der Waals surface area contributed by atoms with E-state index in [1.54, 1.807) is 0 Å². The highest BCUT2D eigenvalue weighted by Crippen LogP contribution is 2.43. The first kappa shape index (κ1) is 20.6. The van der Waals surface area contributed by atoms with Crippen molar-refractivity contribution in [1.29, 1.82) is 0 Å². The average molecular weight is 489 g/mol. The molecule has 0 aliphatic rings. The monoisotopic (exact) mass is 488 g/mol. The number of aromatic nitrogens is 2. The number of hydrogen-bond donors (Lipinski definition) is 0. The van der Waals surface area contributed by atoms with E-state index in [1.807, 2.05) is 17.5 Å². The molecule has 0 atom stereocenters. The summed E-state index contributed by atoms with van der Waals surface area (Å²) in [6.45, 7) is 0. The maximum absolute atomic E-state index is 5.18. The summed E-state index contributed by atoms with van der Waals surface area (Å²) in [4.78, 5) is 9.89. The van der Waals surface area contributed by atoms with Crippen LogP contribution in [0.15, 0.2) is 121 Å². The molecular formula is C34H20N2S. The number of hydrogen-bond acceptors (Lipinski definition) is 3. The van der Waals surface area contributed by atoms with Crippen LogP contribution in [0.3, 0.4) is 0 Å². The van der Waals surface area contributed by atoms with Gasteiger partial charge in [-0.3, -0.25) is 4.98 Å². The number of pyridine rings is 2. The second kappa shape index (κ2) is 7.95. The number of fused-ring (bicyclic) bond motifs is 8. The Morgan fingerprint density at radius 2 is 1.16 bits per heavy atom. The quantitative estimate of drug-likeness (QED) is 0.226. The lowest BCUT2D eigenvalue weighted by atomic mass is 9.97. The molecule has 0 spiro atoms. The molecule has 3 heteroatoms. The SMILES string of the molecule is c1ccc2c(-c3ccc(-c4nc5ccccc5c5c4ccc4c6ccccc6sc45)cc3)nccc2c1. The smallest absolute Gasteiger partial charge is 0.0788 e. The maximum atomic E-state index is 5.18. The molecule has 8 rings (SSSR count). The Labute approximate surface area is 217 Å². The molecule has 0 amide bonds. The highest BCUT2D eigenvalue weighted by molar-refractivity contribution is 7.26. The van der Waals surface area contributed by atoms with E-state index in [-0.39, 0.29) is 0 Å². The fourth-order valence-corrected chi connectivity index (χ4v) is 6.84. The molecule has 0 unspecified atom stereocenters. The largest absolute Gasteiger partial charge is 0.256 e. The van der Waals surface area contributed by atoms with E-state index in [0.717, 1.165) is 28.0 Å². The van der Waals surface area contributed by atoms with E-state index in [4.69, 9.17) is 9.97 Å². The van der Waals surface area contributed by atoms with Crippen LogP contribution in [0.1, 0.15) is 0 Å². The predicted octanol–water partition coefficient (Wildman–Crippen LogP) is 9.64. The van der Waals surface area contributed by atoms with Crippen LogP contribution in [0.2, 0.25) is 0 Å². The lowest BCUT2D eigenvalue weighted by molar-refractivity contribution is 1.35. The zero-order chi connectivity index (χ0) is 24.3. The minimum Gasteiger partial charge on any atom is -0.256 e. The average Bonchev–Trinajstić information content (AvgIpc) is 3.35. The Morgan fingerprint density at radius 3 is 2.03 bits per heavy atom. The molecule has 0 saturated heterocycles. The van der Waals surface area contributed by atoms with Crippen molar-refractivity contribution in [3.05, 3.63) is 121 Å². The van der Waals surface area contributed by atoms with E-state index >= 15 is 0 Å². The Bertz CT molecular complexity index is 2130. The van der Waals surface area contributed by atoms with Crippen molar-refractivity contribution >= 4 is 64.0 Å². The number of rotatable bonds is 2. The Hall–Kier alpha value is -4.60. The highest BCUT2D eigenvalue weighted by atomic mass is 32.1. The lowest BCUT2D eigenvalue weighted by Gasteiger charge is -2.12. The molecule has 0 aliphatic heterocycles. The van der Waals surface area contributed by atoms with Crippen molar-refractivity contribution in [3.63, 3.8) is 0 Å². The van der Waals surface area contributed by atoms with Crippen molar-refractivity contribution in [3.8, 4) is 22.5 Å². The van der Waals surface area contributed by atoms with E-state index < -0.39 is 0 Å². The van der Waals surface area contributed by atoms with Crippen molar-refractivity contribution in [2.45, 2.75) is 0 Å². The third-order valence-corrected chi connectivity index (χ3v) is 8.52. The number of thiophene rings is 1. The van der Waals surface area contributed by atoms with Crippen LogP contribution >= 0.6 is 11.3 Å². The summed E-state index contributed by atoms with van der Waals surface area (Å²) in [6.07, 6.45) is 1.89. The summed E-state index contributed by atoms with van der Waals surface area (Å²) in [7, 11) is 0. The summed E-state index contributed by atoms with van der Waals surface area (Å²) >= 11 is 1.87. The Balaban J connectivity index is 1.38. The second-order valence-corrected chi connectivity index (χ2v) is 10.5. The van der Waals surface area contributed by atoms with Crippen LogP contribution in [0.25, 0.3) is 75.1 Å². The zero-order valence-corrected chi connectivity index (χ0v) is 20.7. The van der Waals surface area contributed by atoms with Gasteiger partial charge in [0, 0.05) is 59.0 Å². The van der Waals surface area contributed by atoms with E-state index in [1.165, 1.54) is 47.1 Å². The molecule has 0 saturated carbocycles. The third-order valence-electron chi connectivity index (χ3n) is 7.31. The van der Waals surface area contributed by atoms with Gasteiger partial charge in [0.2, 0.25) is 0 Å². The second-order valence-electron chi connectivity index (χ2n) is 9.40. The van der Waals surface area contributed by atoms with Gasteiger partial charge in [-0.2, -0.15) is 0 Å². The summed E-state index contributed by atoms with van der Waals surface area (Å²) in [5, 5.41) is 8.68. The normalized spacial score (nSPS) is 11.8. The van der Waals surface area contributed by atoms with Gasteiger partial charge in [-0.1, -0.05) is 97.1 Å². The van der Waals surface area contributed by atoms with Gasteiger partial charge in [0.15, 0.2) is 0 Å². The van der Waals surface area contributed by atoms with Gasteiger partial charge in [0.1, 0.15) is 0 Å². The standard InChI is InChI=1S/C34H20N2S/c1-2-8-24-21(7-1)19-20-35-32(24)22-13-15-23(16-14-22)33-28-18-17-26-25-9-4-6-12-30(25)37-34(26)31(28)27-10-3-5-11-29(27)36-33/h1-20H. The molecule has 2 nitrogen and oxygen atoms in total. The van der Waals surface area contributed by atoms with Gasteiger partial charge in [0.05, 0.1) is 16.9 Å². The number of para-hydroxylation sites is 1. The molecule has 172 valence electrons. The van der Waals surface area contributed by atoms with Crippen molar-refractivity contribution in [2.75, 3.05) is 0 Å². The predicted molar refractivity (Wildman–Crippen MR) is 158 cm³/mol. The highest BCUT2D eigenvalue weighted by Gasteiger charge is 2.16. The van der Waals surface area contributed by atoms with Gasteiger partial charge in [-0.25, -0.2) is 4.98 Å². The van der Waals surface area contributed by atoms with E-state index in [0.29, 0.717) is 0 Å². The topological polar surface area (TPSA) is 25.8 Å². The summed E-state index contributed by atoms with van der Waals surface area (Å²) in [5.41, 5.74) is 5.27. The van der Waals surface area contributed by atoms with E-state index in [9.17, 15) is 0 Å². The number of benzene rings is 5. The third kappa shape index (κ3) is 3.11. The molecular weight excluding hydrogens is 468 g/mol. The zero-order valence-electron chi connectivity index (χ0n) is 19.8. The molecule has 0 radical (unpaired) electrons. The lowest BCUT2D eigenvalue weighted by Crippen LogP contribution is -1.91. The fraction of sp³-hybridized carbons (Fsp3) is 0. The van der Waals surface area contributed by atoms with Crippen LogP contribution in [0, 0.1) is 0 Å². The molecule has 0 N–H and O–H groups in total. The van der Waals surface area contributed by atoms with E-state index in [2.05, 4.69) is 115 Å². The fourth-order valence-electron chi connectivity index (χ4n) is 5.57. The van der Waals surface area contributed by atoms with Crippen LogP contribution < -0.4 is 0 Å². The van der Waals surface area contributed by atoms with Crippen molar-refractivity contribution < 1.29 is 0 Å². The Kier molecular flexibility index (Phi) is 4.42. The maximum Gasteiger partial charge on any atom is 0.0788 e. The molecule has 3 heterocycles. The minimum absolute atomic E-state index is 1.01. The molecule has 8 aromatic rings. The molecule has 0 fully saturated rings. The van der Waals surface area contributed by atoms with Gasteiger partial charge in [0.25, 0.3) is 0 Å². The first-order valence-electron chi connectivity index (χ1n) is 12.4. The summed E-state index contributed by atoms with van der Waals surface area (Å²) < 4.78 is 2.65. The van der Waals surface area contributed by atoms with Crippen LogP contribution in [0.4, 0.5) is 0 Å². The van der Waals surface area contributed by atoms with Gasteiger partial charge in [-0.15, -0.1) is 11.3 Å². The van der Waals surface area contributed by atoms with Crippen molar-refractivity contribution in [2.24, 2.45) is 0 Å². The molecule has 0 aliphatic carbocycles. The van der Waals surface area contributed by atoms with Gasteiger partial charge < -0.3 is 0 Å². The number of nitrogens with zero attached hydrogens (tertiary/aromatic N) is 2. The first-order chi connectivity index (χ1) is 18.3. The first-order valence-corrected chi connectivity index (χ1v) is 13.2. The summed E-state index contributed by atoms with van der Waals surface area (Å²) in [6, 6.07) is 40.9. The van der Waals surface area contributed by atoms with Crippen LogP contribution in [-0.4, -0.2) is 9.97 Å². The van der Waals surface area contributed by atoms with Gasteiger partial charge >= 0.3 is 0 Å². The minimum atomic E-state index is 1.01. The summed E-state index contributed by atoms with van der Waals surface area (Å²) in [5.74, 6) is 0. The van der Waals surface area contributed by atoms with Crippen molar-refractivity contribution in [1.82, 2.24) is 9.97 Å². The molecule has 37 heavy (non-hydrogen) atoms. The van der Waals surface area contributed by atoms with Gasteiger partial charge in [-0.05, 0) is 23.6 Å². The van der Waals surface area contributed by atoms with Crippen LogP contribution in [0.5, 0.6) is 0 Å².